The molecule has 0 aliphatic carbocycles. The molecule has 2 atom stereocenters. The third-order valence-electron chi connectivity index (χ3n) is 4.22. The molecule has 0 spiro atoms. The van der Waals surface area contributed by atoms with Crippen LogP contribution < -0.4 is 10.6 Å². The lowest BCUT2D eigenvalue weighted by Crippen LogP contribution is -2.47. The third kappa shape index (κ3) is 7.23. The topological polar surface area (TPSA) is 84.5 Å². The molecule has 6 nitrogen and oxygen atoms in total. The van der Waals surface area contributed by atoms with Gasteiger partial charge in [0.1, 0.15) is 6.04 Å². The van der Waals surface area contributed by atoms with Gasteiger partial charge in [-0.3, -0.25) is 9.59 Å². The van der Waals surface area contributed by atoms with Gasteiger partial charge in [-0.25, -0.2) is 4.79 Å². The van der Waals surface area contributed by atoms with Gasteiger partial charge in [-0.15, -0.1) is 0 Å². The monoisotopic (exact) mass is 416 g/mol. The average molecular weight is 417 g/mol. The van der Waals surface area contributed by atoms with Gasteiger partial charge in [0.05, 0.1) is 6.42 Å². The van der Waals surface area contributed by atoms with Crippen LogP contribution in [0.25, 0.3) is 0 Å². The minimum atomic E-state index is -1.02. The molecule has 0 heterocycles. The van der Waals surface area contributed by atoms with Gasteiger partial charge in [-0.1, -0.05) is 55.8 Å². The van der Waals surface area contributed by atoms with Crippen LogP contribution >= 0.6 is 11.6 Å². The number of nitrogens with one attached hydrogen (secondary N) is 2. The van der Waals surface area contributed by atoms with Gasteiger partial charge in [0, 0.05) is 10.7 Å². The zero-order valence-corrected chi connectivity index (χ0v) is 17.4. The van der Waals surface area contributed by atoms with E-state index in [9.17, 15) is 14.4 Å². The van der Waals surface area contributed by atoms with E-state index in [4.69, 9.17) is 16.3 Å². The molecule has 2 aromatic rings. The SMILES string of the molecule is CC(C)[C@H](NC(=O)Cc1ccccc1)C(=O)O[C@H](C)C(=O)Nc1ccc(Cl)cc1. The highest BCUT2D eigenvalue weighted by atomic mass is 35.5. The molecular weight excluding hydrogens is 392 g/mol. The van der Waals surface area contributed by atoms with Crippen LogP contribution in [0.5, 0.6) is 0 Å². The van der Waals surface area contributed by atoms with Crippen LogP contribution in [0, 0.1) is 5.92 Å². The van der Waals surface area contributed by atoms with Gasteiger partial charge in [-0.05, 0) is 42.7 Å². The Hall–Kier alpha value is -2.86. The van der Waals surface area contributed by atoms with Crippen molar-refractivity contribution >= 4 is 35.1 Å². The van der Waals surface area contributed by atoms with Gasteiger partial charge < -0.3 is 15.4 Å². The Morgan fingerprint density at radius 3 is 2.17 bits per heavy atom. The lowest BCUT2D eigenvalue weighted by Gasteiger charge is -2.23. The van der Waals surface area contributed by atoms with E-state index < -0.39 is 24.0 Å². The zero-order valence-electron chi connectivity index (χ0n) is 16.6. The highest BCUT2D eigenvalue weighted by Gasteiger charge is 2.29. The van der Waals surface area contributed by atoms with Crippen molar-refractivity contribution in [2.24, 2.45) is 5.92 Å². The normalized spacial score (nSPS) is 12.7. The number of halogens is 1. The molecule has 7 heteroatoms. The lowest BCUT2D eigenvalue weighted by molar-refractivity contribution is -0.157. The molecule has 0 radical (unpaired) electrons. The summed E-state index contributed by atoms with van der Waals surface area (Å²) in [6.45, 7) is 5.08. The van der Waals surface area contributed by atoms with Gasteiger partial charge >= 0.3 is 5.97 Å². The Morgan fingerprint density at radius 2 is 1.59 bits per heavy atom. The molecule has 2 aromatic carbocycles. The van der Waals surface area contributed by atoms with Crippen molar-refractivity contribution in [2.45, 2.75) is 39.3 Å². The van der Waals surface area contributed by atoms with E-state index in [1.54, 1.807) is 38.1 Å². The van der Waals surface area contributed by atoms with Gasteiger partial charge in [0.15, 0.2) is 6.10 Å². The number of rotatable bonds is 8. The van der Waals surface area contributed by atoms with E-state index in [0.717, 1.165) is 5.56 Å². The number of carbonyl (C=O) groups excluding carboxylic acids is 3. The summed E-state index contributed by atoms with van der Waals surface area (Å²) in [6, 6.07) is 15.0. The third-order valence-corrected chi connectivity index (χ3v) is 4.47. The quantitative estimate of drug-likeness (QED) is 0.644. The van der Waals surface area contributed by atoms with Crippen LogP contribution in [0.4, 0.5) is 5.69 Å². The fourth-order valence-corrected chi connectivity index (χ4v) is 2.71. The molecule has 0 saturated heterocycles. The molecule has 0 saturated carbocycles. The highest BCUT2D eigenvalue weighted by Crippen LogP contribution is 2.14. The summed E-state index contributed by atoms with van der Waals surface area (Å²) in [6.07, 6.45) is -0.866. The molecule has 2 rings (SSSR count). The first kappa shape index (κ1) is 22.4. The van der Waals surface area contributed by atoms with Crippen molar-refractivity contribution in [1.82, 2.24) is 5.32 Å². The first-order valence-corrected chi connectivity index (χ1v) is 9.74. The van der Waals surface area contributed by atoms with E-state index >= 15 is 0 Å². The molecule has 0 aliphatic heterocycles. The van der Waals surface area contributed by atoms with Crippen LogP contribution in [0.15, 0.2) is 54.6 Å². The standard InChI is InChI=1S/C22H25ClN2O4/c1-14(2)20(25-19(26)13-16-7-5-4-6-8-16)22(28)29-15(3)21(27)24-18-11-9-17(23)10-12-18/h4-12,14-15,20H,13H2,1-3H3,(H,24,27)(H,25,26)/t15-,20+/m1/s1. The van der Waals surface area contributed by atoms with Crippen molar-refractivity contribution in [2.75, 3.05) is 5.32 Å². The summed E-state index contributed by atoms with van der Waals surface area (Å²) >= 11 is 5.82. The summed E-state index contributed by atoms with van der Waals surface area (Å²) in [5.74, 6) is -1.61. The summed E-state index contributed by atoms with van der Waals surface area (Å²) in [7, 11) is 0. The van der Waals surface area contributed by atoms with Crippen molar-refractivity contribution < 1.29 is 19.1 Å². The maximum absolute atomic E-state index is 12.6. The van der Waals surface area contributed by atoms with E-state index in [1.165, 1.54) is 6.92 Å². The van der Waals surface area contributed by atoms with Gasteiger partial charge in [-0.2, -0.15) is 0 Å². The molecule has 0 fully saturated rings. The van der Waals surface area contributed by atoms with Crippen molar-refractivity contribution in [3.63, 3.8) is 0 Å². The molecule has 29 heavy (non-hydrogen) atoms. The van der Waals surface area contributed by atoms with Crippen LogP contribution in [-0.2, 0) is 25.5 Å². The largest absolute Gasteiger partial charge is 0.451 e. The lowest BCUT2D eigenvalue weighted by atomic mass is 10.0. The Balaban J connectivity index is 1.92. The fourth-order valence-electron chi connectivity index (χ4n) is 2.58. The average Bonchev–Trinajstić information content (AvgIpc) is 2.68. The van der Waals surface area contributed by atoms with E-state index in [-0.39, 0.29) is 18.2 Å². The number of carbonyl (C=O) groups is 3. The number of esters is 1. The number of anilines is 1. The molecule has 2 amide bonds. The second-order valence-corrected chi connectivity index (χ2v) is 7.46. The Labute approximate surface area is 175 Å². The Morgan fingerprint density at radius 1 is 0.966 bits per heavy atom. The maximum atomic E-state index is 12.6. The molecule has 2 N–H and O–H groups in total. The van der Waals surface area contributed by atoms with Crippen LogP contribution in [0.3, 0.4) is 0 Å². The second kappa shape index (κ2) is 10.6. The minimum absolute atomic E-state index is 0.157. The molecule has 0 aliphatic rings. The van der Waals surface area contributed by atoms with Gasteiger partial charge in [0.2, 0.25) is 5.91 Å². The Kier molecular flexibility index (Phi) is 8.21. The predicted molar refractivity (Wildman–Crippen MR) is 113 cm³/mol. The molecule has 0 aromatic heterocycles. The van der Waals surface area contributed by atoms with Crippen molar-refractivity contribution in [3.05, 3.63) is 65.2 Å². The number of benzene rings is 2. The van der Waals surface area contributed by atoms with Gasteiger partial charge in [0.25, 0.3) is 5.91 Å². The summed E-state index contributed by atoms with van der Waals surface area (Å²) < 4.78 is 5.29. The molecule has 0 bridgehead atoms. The number of amides is 2. The molecule has 154 valence electrons. The summed E-state index contributed by atoms with van der Waals surface area (Å²) in [5, 5.41) is 5.91. The predicted octanol–water partition coefficient (Wildman–Crippen LogP) is 3.59. The number of hydrogen-bond donors (Lipinski definition) is 2. The second-order valence-electron chi connectivity index (χ2n) is 7.03. The first-order chi connectivity index (χ1) is 13.8. The van der Waals surface area contributed by atoms with Crippen LogP contribution in [0.2, 0.25) is 5.02 Å². The summed E-state index contributed by atoms with van der Waals surface area (Å²) in [5.41, 5.74) is 1.38. The minimum Gasteiger partial charge on any atom is -0.451 e. The van der Waals surface area contributed by atoms with E-state index in [2.05, 4.69) is 10.6 Å². The van der Waals surface area contributed by atoms with Crippen molar-refractivity contribution in [1.29, 1.82) is 0 Å². The molecule has 0 unspecified atom stereocenters. The van der Waals surface area contributed by atoms with E-state index in [1.807, 2.05) is 30.3 Å². The summed E-state index contributed by atoms with van der Waals surface area (Å²) in [4.78, 5) is 37.1. The number of ether oxygens (including phenoxy) is 1. The fraction of sp³-hybridized carbons (Fsp3) is 0.318. The van der Waals surface area contributed by atoms with E-state index in [0.29, 0.717) is 10.7 Å². The highest BCUT2D eigenvalue weighted by molar-refractivity contribution is 6.30. The molecular formula is C22H25ClN2O4. The maximum Gasteiger partial charge on any atom is 0.329 e. The smallest absolute Gasteiger partial charge is 0.329 e. The van der Waals surface area contributed by atoms with Crippen molar-refractivity contribution in [3.8, 4) is 0 Å². The van der Waals surface area contributed by atoms with Crippen LogP contribution in [-0.4, -0.2) is 29.9 Å². The van der Waals surface area contributed by atoms with Crippen LogP contribution in [0.1, 0.15) is 26.3 Å². The Bertz CT molecular complexity index is 838. The first-order valence-electron chi connectivity index (χ1n) is 9.36. The zero-order chi connectivity index (χ0) is 21.4. The number of hydrogen-bond acceptors (Lipinski definition) is 4.